The van der Waals surface area contributed by atoms with Crippen molar-refractivity contribution in [2.24, 2.45) is 5.73 Å². The van der Waals surface area contributed by atoms with E-state index in [4.69, 9.17) is 22.0 Å². The summed E-state index contributed by atoms with van der Waals surface area (Å²) in [6.45, 7) is 2.58. The summed E-state index contributed by atoms with van der Waals surface area (Å²) in [5.41, 5.74) is 9.37. The number of nitrogens with two attached hydrogens (primary N) is 1. The normalized spacial score (nSPS) is 10.7. The molecule has 3 N–H and O–H groups in total. The number of hydrogen-bond acceptors (Lipinski definition) is 3. The molecule has 0 saturated carbocycles. The smallest absolute Gasteiger partial charge is 0.362 e. The van der Waals surface area contributed by atoms with Crippen molar-refractivity contribution >= 4 is 29.4 Å². The standard InChI is InChI=1S/C16H19BClNO2/c1-12-10-14(6-7-16(12)18)17(21-9-8-19)15-5-3-2-4-13(15)11-20/h2-7,10,20H,8-9,11,19H2,1H3. The highest BCUT2D eigenvalue weighted by Gasteiger charge is 2.24. The van der Waals surface area contributed by atoms with E-state index in [-0.39, 0.29) is 13.5 Å². The molecule has 21 heavy (non-hydrogen) atoms. The second kappa shape index (κ2) is 7.62. The molecule has 0 heterocycles. The van der Waals surface area contributed by atoms with Gasteiger partial charge in [-0.2, -0.15) is 0 Å². The molecule has 0 aliphatic heterocycles. The summed E-state index contributed by atoms with van der Waals surface area (Å²) in [4.78, 5) is 0. The van der Waals surface area contributed by atoms with E-state index in [1.807, 2.05) is 49.4 Å². The maximum Gasteiger partial charge on any atom is 0.362 e. The molecule has 2 aromatic rings. The van der Waals surface area contributed by atoms with E-state index in [0.29, 0.717) is 13.2 Å². The molecule has 110 valence electrons. The highest BCUT2D eigenvalue weighted by Crippen LogP contribution is 2.13. The van der Waals surface area contributed by atoms with Crippen LogP contribution in [0, 0.1) is 6.92 Å². The lowest BCUT2D eigenvalue weighted by atomic mass is 9.54. The molecule has 0 fully saturated rings. The maximum atomic E-state index is 9.54. The molecule has 2 rings (SSSR count). The van der Waals surface area contributed by atoms with Crippen LogP contribution < -0.4 is 16.7 Å². The Bertz CT molecular complexity index is 607. The van der Waals surface area contributed by atoms with Gasteiger partial charge in [-0.3, -0.25) is 0 Å². The van der Waals surface area contributed by atoms with Gasteiger partial charge in [-0.25, -0.2) is 0 Å². The summed E-state index contributed by atoms with van der Waals surface area (Å²) in [6.07, 6.45) is 0. The molecule has 0 amide bonds. The van der Waals surface area contributed by atoms with Crippen LogP contribution in [0.2, 0.25) is 5.02 Å². The molecule has 0 unspecified atom stereocenters. The van der Waals surface area contributed by atoms with Crippen molar-refractivity contribution in [2.75, 3.05) is 13.2 Å². The molecule has 0 atom stereocenters. The second-order valence-corrected chi connectivity index (χ2v) is 5.31. The number of aliphatic hydroxyl groups is 1. The number of rotatable bonds is 6. The first-order valence-electron chi connectivity index (χ1n) is 6.93. The highest BCUT2D eigenvalue weighted by molar-refractivity contribution is 6.80. The van der Waals surface area contributed by atoms with Gasteiger partial charge >= 0.3 is 6.92 Å². The zero-order chi connectivity index (χ0) is 15.2. The Hall–Kier alpha value is -1.33. The van der Waals surface area contributed by atoms with Crippen molar-refractivity contribution in [3.05, 3.63) is 58.6 Å². The van der Waals surface area contributed by atoms with Crippen LogP contribution in [-0.2, 0) is 11.3 Å². The average Bonchev–Trinajstić information content (AvgIpc) is 2.51. The van der Waals surface area contributed by atoms with Gasteiger partial charge in [-0.1, -0.05) is 48.0 Å². The van der Waals surface area contributed by atoms with Crippen molar-refractivity contribution < 1.29 is 9.76 Å². The minimum atomic E-state index is -0.257. The van der Waals surface area contributed by atoms with Crippen LogP contribution in [0.3, 0.4) is 0 Å². The van der Waals surface area contributed by atoms with E-state index in [9.17, 15) is 5.11 Å². The van der Waals surface area contributed by atoms with Crippen molar-refractivity contribution in [3.63, 3.8) is 0 Å². The maximum absolute atomic E-state index is 9.54. The van der Waals surface area contributed by atoms with E-state index in [1.54, 1.807) is 0 Å². The van der Waals surface area contributed by atoms with E-state index in [1.165, 1.54) is 0 Å². The molecule has 2 aromatic carbocycles. The van der Waals surface area contributed by atoms with E-state index < -0.39 is 0 Å². The van der Waals surface area contributed by atoms with Gasteiger partial charge in [0.2, 0.25) is 0 Å². The quantitative estimate of drug-likeness (QED) is 0.789. The fraction of sp³-hybridized carbons (Fsp3) is 0.250. The third-order valence-electron chi connectivity index (χ3n) is 3.40. The lowest BCUT2D eigenvalue weighted by Gasteiger charge is -2.18. The second-order valence-electron chi connectivity index (χ2n) is 4.91. The van der Waals surface area contributed by atoms with Gasteiger partial charge in [-0.15, -0.1) is 0 Å². The van der Waals surface area contributed by atoms with Crippen molar-refractivity contribution in [3.8, 4) is 0 Å². The minimum Gasteiger partial charge on any atom is -0.426 e. The molecular formula is C16H19BClNO2. The van der Waals surface area contributed by atoms with Crippen LogP contribution in [0.15, 0.2) is 42.5 Å². The zero-order valence-electron chi connectivity index (χ0n) is 12.1. The molecule has 0 bridgehead atoms. The van der Waals surface area contributed by atoms with Gasteiger partial charge in [0.1, 0.15) is 0 Å². The van der Waals surface area contributed by atoms with Crippen LogP contribution in [0.4, 0.5) is 0 Å². The number of benzene rings is 2. The number of halogens is 1. The van der Waals surface area contributed by atoms with Crippen LogP contribution in [-0.4, -0.2) is 25.2 Å². The summed E-state index contributed by atoms with van der Waals surface area (Å²) in [5.74, 6) is 0. The van der Waals surface area contributed by atoms with Gasteiger partial charge in [0.25, 0.3) is 0 Å². The zero-order valence-corrected chi connectivity index (χ0v) is 12.8. The Labute approximate surface area is 130 Å². The predicted octanol–water partition coefficient (Wildman–Crippen LogP) is 1.22. The summed E-state index contributed by atoms with van der Waals surface area (Å²) in [5, 5.41) is 10.3. The SMILES string of the molecule is Cc1cc(B(OCCN)c2ccccc2CO)ccc1Cl. The van der Waals surface area contributed by atoms with Crippen molar-refractivity contribution in [2.45, 2.75) is 13.5 Å². The minimum absolute atomic E-state index is 0.0226. The molecule has 0 radical (unpaired) electrons. The topological polar surface area (TPSA) is 55.5 Å². The fourth-order valence-electron chi connectivity index (χ4n) is 2.32. The third-order valence-corrected chi connectivity index (χ3v) is 3.82. The first-order valence-corrected chi connectivity index (χ1v) is 7.31. The van der Waals surface area contributed by atoms with Gasteiger partial charge in [0.05, 0.1) is 6.61 Å². The number of aliphatic hydroxyl groups excluding tert-OH is 1. The first-order chi connectivity index (χ1) is 10.2. The molecular weight excluding hydrogens is 284 g/mol. The molecule has 0 spiro atoms. The fourth-order valence-corrected chi connectivity index (χ4v) is 2.43. The Morgan fingerprint density at radius 3 is 2.67 bits per heavy atom. The lowest BCUT2D eigenvalue weighted by Crippen LogP contribution is -2.47. The number of aryl methyl sites for hydroxylation is 1. The molecule has 0 saturated heterocycles. The van der Waals surface area contributed by atoms with Crippen molar-refractivity contribution in [1.29, 1.82) is 0 Å². The van der Waals surface area contributed by atoms with Crippen LogP contribution >= 0.6 is 11.6 Å². The summed E-state index contributed by atoms with van der Waals surface area (Å²) >= 11 is 6.09. The first kappa shape index (κ1) is 16.1. The van der Waals surface area contributed by atoms with Crippen molar-refractivity contribution in [1.82, 2.24) is 0 Å². The van der Waals surface area contributed by atoms with E-state index in [2.05, 4.69) is 0 Å². The van der Waals surface area contributed by atoms with Gasteiger partial charge < -0.3 is 15.5 Å². The molecule has 0 aliphatic rings. The Morgan fingerprint density at radius 2 is 2.00 bits per heavy atom. The Balaban J connectivity index is 2.44. The third kappa shape index (κ3) is 3.86. The van der Waals surface area contributed by atoms with Gasteiger partial charge in [0.15, 0.2) is 0 Å². The van der Waals surface area contributed by atoms with Gasteiger partial charge in [-0.05, 0) is 35.0 Å². The molecule has 5 heteroatoms. The predicted molar refractivity (Wildman–Crippen MR) is 88.6 cm³/mol. The molecule has 3 nitrogen and oxygen atoms in total. The summed E-state index contributed by atoms with van der Waals surface area (Å²) < 4.78 is 5.92. The average molecular weight is 304 g/mol. The largest absolute Gasteiger partial charge is 0.426 e. The van der Waals surface area contributed by atoms with Crippen LogP contribution in [0.5, 0.6) is 0 Å². The Morgan fingerprint density at radius 1 is 1.24 bits per heavy atom. The van der Waals surface area contributed by atoms with Gasteiger partial charge in [0, 0.05) is 18.2 Å². The van der Waals surface area contributed by atoms with Crippen LogP contribution in [0.1, 0.15) is 11.1 Å². The molecule has 0 aliphatic carbocycles. The monoisotopic (exact) mass is 303 g/mol. The summed E-state index contributed by atoms with van der Waals surface area (Å²) in [7, 11) is 0. The highest BCUT2D eigenvalue weighted by atomic mass is 35.5. The molecule has 0 aromatic heterocycles. The number of hydrogen-bond donors (Lipinski definition) is 2. The Kier molecular flexibility index (Phi) is 5.82. The lowest BCUT2D eigenvalue weighted by molar-refractivity contribution is 0.282. The summed E-state index contributed by atoms with van der Waals surface area (Å²) in [6, 6.07) is 13.5. The van der Waals surface area contributed by atoms with Crippen LogP contribution in [0.25, 0.3) is 0 Å². The van der Waals surface area contributed by atoms with E-state index in [0.717, 1.165) is 27.1 Å². The van der Waals surface area contributed by atoms with E-state index >= 15 is 0 Å².